The van der Waals surface area contributed by atoms with Crippen molar-refractivity contribution in [2.45, 2.75) is 24.4 Å². The molecule has 0 aromatic carbocycles. The van der Waals surface area contributed by atoms with Crippen LogP contribution in [0.15, 0.2) is 33.5 Å². The molecule has 10 heteroatoms. The Labute approximate surface area is 133 Å². The molecule has 0 amide bonds. The number of hydrogen-bond donors (Lipinski definition) is 2. The molecule has 2 heterocycles. The number of halogens is 1. The Kier molecular flexibility index (Phi) is 4.81. The predicted octanol–water partition coefficient (Wildman–Crippen LogP) is 1.77. The maximum Gasteiger partial charge on any atom is 0.345 e. The van der Waals surface area contributed by atoms with Crippen LogP contribution in [0.3, 0.4) is 0 Å². The third-order valence-electron chi connectivity index (χ3n) is 2.56. The quantitative estimate of drug-likeness (QED) is 0.778. The van der Waals surface area contributed by atoms with Crippen molar-refractivity contribution in [2.75, 3.05) is 0 Å². The summed E-state index contributed by atoms with van der Waals surface area (Å²) in [5.41, 5.74) is 0. The van der Waals surface area contributed by atoms with Crippen LogP contribution in [0, 0.1) is 0 Å². The van der Waals surface area contributed by atoms with Crippen LogP contribution in [-0.2, 0) is 16.6 Å². The van der Waals surface area contributed by atoms with Gasteiger partial charge >= 0.3 is 5.97 Å². The van der Waals surface area contributed by atoms with Gasteiger partial charge in [-0.3, -0.25) is 0 Å². The topological polar surface area (TPSA) is 101 Å². The molecule has 0 aliphatic heterocycles. The van der Waals surface area contributed by atoms with E-state index in [0.717, 1.165) is 17.4 Å². The van der Waals surface area contributed by atoms with Gasteiger partial charge in [-0.1, -0.05) is 0 Å². The first kappa shape index (κ1) is 16.1. The summed E-state index contributed by atoms with van der Waals surface area (Å²) < 4.78 is 29.1. The van der Waals surface area contributed by atoms with Crippen molar-refractivity contribution in [1.82, 2.24) is 14.3 Å². The Morgan fingerprint density at radius 2 is 2.33 bits per heavy atom. The molecule has 2 rings (SSSR count). The molecule has 1 unspecified atom stereocenters. The zero-order valence-electron chi connectivity index (χ0n) is 10.9. The van der Waals surface area contributed by atoms with E-state index in [1.165, 1.54) is 0 Å². The number of thiophene rings is 1. The van der Waals surface area contributed by atoms with Crippen molar-refractivity contribution < 1.29 is 18.3 Å². The molecule has 114 valence electrons. The summed E-state index contributed by atoms with van der Waals surface area (Å²) in [6.45, 7) is 2.14. The molecular weight excluding hydrogens is 382 g/mol. The maximum absolute atomic E-state index is 12.3. The van der Waals surface area contributed by atoms with Crippen molar-refractivity contribution in [3.63, 3.8) is 0 Å². The fourth-order valence-corrected chi connectivity index (χ4v) is 5.36. The van der Waals surface area contributed by atoms with E-state index in [1.54, 1.807) is 30.2 Å². The normalized spacial score (nSPS) is 13.2. The van der Waals surface area contributed by atoms with Gasteiger partial charge in [0.2, 0.25) is 10.0 Å². The van der Waals surface area contributed by atoms with Crippen molar-refractivity contribution in [3.8, 4) is 0 Å². The average Bonchev–Trinajstić information content (AvgIpc) is 2.97. The number of hydrogen-bond acceptors (Lipinski definition) is 5. The molecule has 0 aliphatic carbocycles. The van der Waals surface area contributed by atoms with Gasteiger partial charge in [-0.2, -0.15) is 0 Å². The van der Waals surface area contributed by atoms with Crippen LogP contribution in [0.5, 0.6) is 0 Å². The third-order valence-corrected chi connectivity index (χ3v) is 6.39. The first-order chi connectivity index (χ1) is 9.79. The molecule has 21 heavy (non-hydrogen) atoms. The highest BCUT2D eigenvalue weighted by Gasteiger charge is 2.24. The van der Waals surface area contributed by atoms with Gasteiger partial charge in [0.1, 0.15) is 9.77 Å². The molecule has 7 nitrogen and oxygen atoms in total. The van der Waals surface area contributed by atoms with Crippen LogP contribution in [0.1, 0.15) is 16.6 Å². The van der Waals surface area contributed by atoms with Gasteiger partial charge in [-0.05, 0) is 28.9 Å². The average molecular weight is 394 g/mol. The fourth-order valence-electron chi connectivity index (χ4n) is 1.72. The van der Waals surface area contributed by atoms with Crippen LogP contribution < -0.4 is 4.72 Å². The van der Waals surface area contributed by atoms with Crippen LogP contribution in [-0.4, -0.2) is 35.1 Å². The number of nitrogens with zero attached hydrogens (tertiary/aromatic N) is 2. The minimum Gasteiger partial charge on any atom is -0.477 e. The van der Waals surface area contributed by atoms with E-state index in [9.17, 15) is 13.2 Å². The lowest BCUT2D eigenvalue weighted by Gasteiger charge is -2.14. The van der Waals surface area contributed by atoms with E-state index < -0.39 is 16.0 Å². The predicted molar refractivity (Wildman–Crippen MR) is 81.0 cm³/mol. The zero-order valence-corrected chi connectivity index (χ0v) is 14.1. The van der Waals surface area contributed by atoms with Gasteiger partial charge in [0, 0.05) is 25.0 Å². The number of sulfonamides is 1. The summed E-state index contributed by atoms with van der Waals surface area (Å²) in [4.78, 5) is 14.7. The van der Waals surface area contributed by atoms with E-state index >= 15 is 0 Å². The molecule has 2 N–H and O–H groups in total. The highest BCUT2D eigenvalue weighted by Crippen LogP contribution is 2.31. The highest BCUT2D eigenvalue weighted by atomic mass is 79.9. The third kappa shape index (κ3) is 3.90. The Hall–Kier alpha value is -1.23. The second kappa shape index (κ2) is 6.26. The van der Waals surface area contributed by atoms with Crippen molar-refractivity contribution >= 4 is 43.3 Å². The monoisotopic (exact) mass is 393 g/mol. The standard InChI is InChI=1S/C11H12BrN3O4S2/c1-7(5-15-3-2-13-6-15)14-21(18,19)9-4-8(11(16)17)20-10(9)12/h2-4,6-7,14H,5H2,1H3,(H,16,17). The van der Waals surface area contributed by atoms with Crippen LogP contribution in [0.2, 0.25) is 0 Å². The highest BCUT2D eigenvalue weighted by molar-refractivity contribution is 9.11. The van der Waals surface area contributed by atoms with Gasteiger partial charge in [0.05, 0.1) is 10.1 Å². The van der Waals surface area contributed by atoms with Gasteiger partial charge in [0.15, 0.2) is 0 Å². The van der Waals surface area contributed by atoms with Crippen molar-refractivity contribution in [3.05, 3.63) is 33.5 Å². The number of aromatic nitrogens is 2. The summed E-state index contributed by atoms with van der Waals surface area (Å²) in [7, 11) is -3.79. The van der Waals surface area contributed by atoms with Gasteiger partial charge in [-0.25, -0.2) is 22.9 Å². The number of rotatable bonds is 6. The van der Waals surface area contributed by atoms with E-state index in [1.807, 2.05) is 0 Å². The Morgan fingerprint density at radius 1 is 1.62 bits per heavy atom. The van der Waals surface area contributed by atoms with Gasteiger partial charge < -0.3 is 9.67 Å². The minimum absolute atomic E-state index is 0.0375. The van der Waals surface area contributed by atoms with E-state index in [-0.39, 0.29) is 19.6 Å². The minimum atomic E-state index is -3.79. The molecule has 0 saturated heterocycles. The Morgan fingerprint density at radius 3 is 2.86 bits per heavy atom. The van der Waals surface area contributed by atoms with Crippen LogP contribution in [0.25, 0.3) is 0 Å². The largest absolute Gasteiger partial charge is 0.477 e. The van der Waals surface area contributed by atoms with Crippen LogP contribution in [0.4, 0.5) is 0 Å². The molecule has 0 aliphatic rings. The lowest BCUT2D eigenvalue weighted by Crippen LogP contribution is -2.35. The Balaban J connectivity index is 2.16. The summed E-state index contributed by atoms with van der Waals surface area (Å²) in [6, 6.07) is 0.771. The molecule has 0 radical (unpaired) electrons. The summed E-state index contributed by atoms with van der Waals surface area (Å²) >= 11 is 3.96. The van der Waals surface area contributed by atoms with E-state index in [2.05, 4.69) is 25.6 Å². The molecule has 0 saturated carbocycles. The first-order valence-electron chi connectivity index (χ1n) is 5.80. The van der Waals surface area contributed by atoms with E-state index in [4.69, 9.17) is 5.11 Å². The molecule has 1 atom stereocenters. The SMILES string of the molecule is CC(Cn1ccnc1)NS(=O)(=O)c1cc(C(=O)O)sc1Br. The zero-order chi connectivity index (χ0) is 15.6. The van der Waals surface area contributed by atoms with E-state index in [0.29, 0.717) is 6.54 Å². The smallest absolute Gasteiger partial charge is 0.345 e. The fraction of sp³-hybridized carbons (Fsp3) is 0.273. The molecule has 0 spiro atoms. The lowest BCUT2D eigenvalue weighted by molar-refractivity contribution is 0.0702. The molecule has 2 aromatic heterocycles. The summed E-state index contributed by atoms with van der Waals surface area (Å²) in [5.74, 6) is -1.16. The van der Waals surface area contributed by atoms with Crippen LogP contribution >= 0.6 is 27.3 Å². The maximum atomic E-state index is 12.3. The number of carboxylic acid groups (broad SMARTS) is 1. The van der Waals surface area contributed by atoms with Crippen molar-refractivity contribution in [1.29, 1.82) is 0 Å². The summed E-state index contributed by atoms with van der Waals surface area (Å²) in [5, 5.41) is 8.91. The molecular formula is C11H12BrN3O4S2. The Bertz CT molecular complexity index is 740. The first-order valence-corrected chi connectivity index (χ1v) is 8.89. The second-order valence-corrected chi connectivity index (χ2v) is 8.39. The second-order valence-electron chi connectivity index (χ2n) is 4.34. The van der Waals surface area contributed by atoms with Crippen molar-refractivity contribution in [2.24, 2.45) is 0 Å². The van der Waals surface area contributed by atoms with Gasteiger partial charge in [-0.15, -0.1) is 11.3 Å². The number of carbonyl (C=O) groups is 1. The number of imidazole rings is 1. The summed E-state index contributed by atoms with van der Waals surface area (Å²) in [6.07, 6.45) is 4.93. The molecule has 2 aromatic rings. The number of carboxylic acids is 1. The lowest BCUT2D eigenvalue weighted by atomic mass is 10.4. The molecule has 0 bridgehead atoms. The number of nitrogens with one attached hydrogen (secondary N) is 1. The molecule has 0 fully saturated rings. The number of aromatic carboxylic acids is 1. The van der Waals surface area contributed by atoms with Gasteiger partial charge in [0.25, 0.3) is 0 Å².